The average Bonchev–Trinajstić information content (AvgIpc) is 3.33. The third kappa shape index (κ3) is 4.58. The van der Waals surface area contributed by atoms with Gasteiger partial charge in [-0.3, -0.25) is 9.59 Å². The second-order valence-corrected chi connectivity index (χ2v) is 6.89. The van der Waals surface area contributed by atoms with E-state index < -0.39 is 23.6 Å². The Bertz CT molecular complexity index is 970. The van der Waals surface area contributed by atoms with E-state index in [0.29, 0.717) is 0 Å². The summed E-state index contributed by atoms with van der Waals surface area (Å²) < 4.78 is 44.6. The van der Waals surface area contributed by atoms with Crippen molar-refractivity contribution in [3.8, 4) is 0 Å². The van der Waals surface area contributed by atoms with Crippen LogP contribution < -0.4 is 5.32 Å². The van der Waals surface area contributed by atoms with Crippen LogP contribution in [-0.2, 0) is 12.7 Å². The Hall–Kier alpha value is -3.14. The summed E-state index contributed by atoms with van der Waals surface area (Å²) in [6.45, 7) is 0.256. The molecule has 0 aliphatic carbocycles. The first-order chi connectivity index (χ1) is 13.2. The lowest BCUT2D eigenvalue weighted by Crippen LogP contribution is -2.26. The van der Waals surface area contributed by atoms with E-state index in [9.17, 15) is 22.8 Å². The van der Waals surface area contributed by atoms with Crippen LogP contribution in [0.4, 0.5) is 18.9 Å². The molecule has 1 N–H and O–H groups in total. The van der Waals surface area contributed by atoms with Gasteiger partial charge in [-0.1, -0.05) is 6.07 Å². The predicted octanol–water partition coefficient (Wildman–Crippen LogP) is 4.28. The van der Waals surface area contributed by atoms with Crippen LogP contribution in [0.15, 0.2) is 52.7 Å². The minimum absolute atomic E-state index is 0.167. The molecule has 3 rings (SSSR count). The highest BCUT2D eigenvalue weighted by Crippen LogP contribution is 2.32. The number of nitrogens with one attached hydrogen (secondary N) is 1. The van der Waals surface area contributed by atoms with Crippen molar-refractivity contribution in [3.05, 3.63) is 70.1 Å². The summed E-state index contributed by atoms with van der Waals surface area (Å²) in [5.41, 5.74) is -1.42. The molecule has 3 aromatic rings. The third-order valence-electron chi connectivity index (χ3n) is 3.74. The van der Waals surface area contributed by atoms with Crippen molar-refractivity contribution < 1.29 is 27.2 Å². The van der Waals surface area contributed by atoms with E-state index in [4.69, 9.17) is 4.42 Å². The van der Waals surface area contributed by atoms with Crippen molar-refractivity contribution in [2.75, 3.05) is 12.4 Å². The Morgan fingerprint density at radius 2 is 2.07 bits per heavy atom. The first-order valence-corrected chi connectivity index (χ1v) is 8.82. The molecule has 10 heteroatoms. The Labute approximate surface area is 161 Å². The van der Waals surface area contributed by atoms with E-state index in [-0.39, 0.29) is 23.6 Å². The van der Waals surface area contributed by atoms with Crippen molar-refractivity contribution in [2.45, 2.75) is 12.7 Å². The number of anilines is 1. The van der Waals surface area contributed by atoms with Crippen LogP contribution in [0.2, 0.25) is 0 Å². The van der Waals surface area contributed by atoms with Crippen molar-refractivity contribution in [1.29, 1.82) is 0 Å². The molecule has 146 valence electrons. The van der Waals surface area contributed by atoms with Gasteiger partial charge in [0, 0.05) is 23.2 Å². The lowest BCUT2D eigenvalue weighted by atomic mass is 10.1. The standard InChI is InChI=1S/C18H14F3N3O3S/c1-24(9-14-3-2-4-28-14)17(26)11-5-12(18(19,20)21)7-13(6-11)23-16(25)15-8-22-10-27-15/h2-8,10H,9H2,1H3,(H,23,25). The molecule has 0 aliphatic rings. The largest absolute Gasteiger partial charge is 0.438 e. The number of aromatic nitrogens is 1. The minimum Gasteiger partial charge on any atom is -0.438 e. The number of oxazole rings is 1. The molecule has 0 aliphatic heterocycles. The van der Waals surface area contributed by atoms with E-state index in [1.165, 1.54) is 29.4 Å². The SMILES string of the molecule is CN(Cc1cccs1)C(=O)c1cc(NC(=O)c2cnco2)cc(C(F)(F)F)c1. The molecule has 0 fully saturated rings. The molecule has 0 saturated heterocycles. The monoisotopic (exact) mass is 409 g/mol. The average molecular weight is 409 g/mol. The minimum atomic E-state index is -4.69. The van der Waals surface area contributed by atoms with Crippen molar-refractivity contribution >= 4 is 28.8 Å². The number of nitrogens with zero attached hydrogens (tertiary/aromatic N) is 2. The molecule has 2 aromatic heterocycles. The number of alkyl halides is 3. The number of benzene rings is 1. The highest BCUT2D eigenvalue weighted by atomic mass is 32.1. The van der Waals surface area contributed by atoms with Gasteiger partial charge in [0.1, 0.15) is 0 Å². The predicted molar refractivity (Wildman–Crippen MR) is 96.0 cm³/mol. The van der Waals surface area contributed by atoms with Gasteiger partial charge in [-0.2, -0.15) is 13.2 Å². The molecule has 2 heterocycles. The maximum atomic E-state index is 13.3. The van der Waals surface area contributed by atoms with E-state index in [1.807, 2.05) is 17.5 Å². The Morgan fingerprint density at radius 1 is 1.29 bits per heavy atom. The molecule has 0 unspecified atom stereocenters. The number of rotatable bonds is 5. The highest BCUT2D eigenvalue weighted by Gasteiger charge is 2.32. The molecule has 28 heavy (non-hydrogen) atoms. The fourth-order valence-electron chi connectivity index (χ4n) is 2.44. The molecular weight excluding hydrogens is 395 g/mol. The van der Waals surface area contributed by atoms with Crippen molar-refractivity contribution in [3.63, 3.8) is 0 Å². The number of halogens is 3. The summed E-state index contributed by atoms with van der Waals surface area (Å²) in [5, 5.41) is 4.14. The summed E-state index contributed by atoms with van der Waals surface area (Å²) in [5.74, 6) is -1.54. The number of carbonyl (C=O) groups excluding carboxylic acids is 2. The quantitative estimate of drug-likeness (QED) is 0.683. The zero-order valence-electron chi connectivity index (χ0n) is 14.5. The smallest absolute Gasteiger partial charge is 0.416 e. The van der Waals surface area contributed by atoms with Gasteiger partial charge in [0.2, 0.25) is 5.76 Å². The molecule has 0 saturated carbocycles. The summed E-state index contributed by atoms with van der Waals surface area (Å²) >= 11 is 1.43. The van der Waals surface area contributed by atoms with Crippen LogP contribution in [0.5, 0.6) is 0 Å². The molecule has 1 aromatic carbocycles. The van der Waals surface area contributed by atoms with Crippen LogP contribution in [0, 0.1) is 0 Å². The fraction of sp³-hybridized carbons (Fsp3) is 0.167. The maximum Gasteiger partial charge on any atom is 0.416 e. The summed E-state index contributed by atoms with van der Waals surface area (Å²) in [6.07, 6.45) is -2.53. The van der Waals surface area contributed by atoms with Gasteiger partial charge in [-0.15, -0.1) is 11.3 Å². The zero-order valence-corrected chi connectivity index (χ0v) is 15.3. The van der Waals surface area contributed by atoms with Gasteiger partial charge in [-0.05, 0) is 29.6 Å². The third-order valence-corrected chi connectivity index (χ3v) is 4.60. The number of hydrogen-bond donors (Lipinski definition) is 1. The molecule has 0 spiro atoms. The Kier molecular flexibility index (Phi) is 5.50. The molecule has 2 amide bonds. The van der Waals surface area contributed by atoms with E-state index in [2.05, 4.69) is 10.3 Å². The van der Waals surface area contributed by atoms with Crippen molar-refractivity contribution in [1.82, 2.24) is 9.88 Å². The molecule has 0 bridgehead atoms. The zero-order chi connectivity index (χ0) is 20.3. The molecule has 0 atom stereocenters. The summed E-state index contributed by atoms with van der Waals surface area (Å²) in [7, 11) is 1.50. The van der Waals surface area contributed by atoms with Gasteiger partial charge in [0.25, 0.3) is 11.8 Å². The Balaban J connectivity index is 1.89. The molecule has 0 radical (unpaired) electrons. The van der Waals surface area contributed by atoms with E-state index in [1.54, 1.807) is 0 Å². The van der Waals surface area contributed by atoms with Crippen LogP contribution in [0.1, 0.15) is 31.4 Å². The number of thiophene rings is 1. The topological polar surface area (TPSA) is 75.4 Å². The second-order valence-electron chi connectivity index (χ2n) is 5.86. The van der Waals surface area contributed by atoms with Crippen molar-refractivity contribution in [2.24, 2.45) is 0 Å². The molecular formula is C18H14F3N3O3S. The molecule has 6 nitrogen and oxygen atoms in total. The van der Waals surface area contributed by atoms with E-state index in [0.717, 1.165) is 29.6 Å². The first kappa shape index (κ1) is 19.6. The maximum absolute atomic E-state index is 13.3. The lowest BCUT2D eigenvalue weighted by molar-refractivity contribution is -0.137. The summed E-state index contributed by atoms with van der Waals surface area (Å²) in [4.78, 5) is 30.5. The van der Waals surface area contributed by atoms with Gasteiger partial charge >= 0.3 is 6.18 Å². The highest BCUT2D eigenvalue weighted by molar-refractivity contribution is 7.09. The van der Waals surface area contributed by atoms with Gasteiger partial charge in [0.15, 0.2) is 6.39 Å². The number of hydrogen-bond acceptors (Lipinski definition) is 5. The van der Waals surface area contributed by atoms with Crippen LogP contribution in [-0.4, -0.2) is 28.7 Å². The van der Waals surface area contributed by atoms with Crippen LogP contribution >= 0.6 is 11.3 Å². The first-order valence-electron chi connectivity index (χ1n) is 7.94. The fourth-order valence-corrected chi connectivity index (χ4v) is 3.19. The van der Waals surface area contributed by atoms with Gasteiger partial charge in [0.05, 0.1) is 18.3 Å². The number of amides is 2. The Morgan fingerprint density at radius 3 is 2.68 bits per heavy atom. The normalized spacial score (nSPS) is 11.3. The summed E-state index contributed by atoms with van der Waals surface area (Å²) in [6, 6.07) is 6.35. The van der Waals surface area contributed by atoms with Crippen LogP contribution in [0.25, 0.3) is 0 Å². The van der Waals surface area contributed by atoms with Gasteiger partial charge < -0.3 is 14.6 Å². The lowest BCUT2D eigenvalue weighted by Gasteiger charge is -2.18. The van der Waals surface area contributed by atoms with Crippen LogP contribution in [0.3, 0.4) is 0 Å². The van der Waals surface area contributed by atoms with Gasteiger partial charge in [-0.25, -0.2) is 4.98 Å². The van der Waals surface area contributed by atoms with E-state index >= 15 is 0 Å². The number of carbonyl (C=O) groups is 2. The second kappa shape index (κ2) is 7.85.